The third-order valence-electron chi connectivity index (χ3n) is 7.83. The van der Waals surface area contributed by atoms with E-state index >= 15 is 0 Å². The molecule has 2 saturated heterocycles. The van der Waals surface area contributed by atoms with Gasteiger partial charge in [0.2, 0.25) is 0 Å². The van der Waals surface area contributed by atoms with Crippen molar-refractivity contribution < 1.29 is 4.79 Å². The second-order valence-corrected chi connectivity index (χ2v) is 10.0. The van der Waals surface area contributed by atoms with E-state index < -0.39 is 0 Å². The quantitative estimate of drug-likeness (QED) is 0.423. The average Bonchev–Trinajstić information content (AvgIpc) is 3.61. The number of carbonyl (C=O) groups is 1. The van der Waals surface area contributed by atoms with Crippen LogP contribution in [0.5, 0.6) is 0 Å². The highest BCUT2D eigenvalue weighted by Crippen LogP contribution is 2.38. The van der Waals surface area contributed by atoms with Crippen LogP contribution in [0.2, 0.25) is 0 Å². The molecule has 0 spiro atoms. The van der Waals surface area contributed by atoms with Gasteiger partial charge in [0, 0.05) is 61.8 Å². The maximum absolute atomic E-state index is 12.8. The molecule has 10 heteroatoms. The number of aromatic amines is 1. The summed E-state index contributed by atoms with van der Waals surface area (Å²) in [5.74, 6) is 0. The molecular weight excluding hydrogens is 478 g/mol. The Kier molecular flexibility index (Phi) is 6.02. The number of nitriles is 2. The topological polar surface area (TPSA) is 130 Å². The zero-order valence-electron chi connectivity index (χ0n) is 20.8. The lowest BCUT2D eigenvalue weighted by Crippen LogP contribution is -2.66. The molecule has 38 heavy (non-hydrogen) atoms. The summed E-state index contributed by atoms with van der Waals surface area (Å²) < 4.78 is 2.18. The minimum Gasteiger partial charge on any atom is -0.346 e. The van der Waals surface area contributed by atoms with E-state index in [1.54, 1.807) is 24.5 Å². The van der Waals surface area contributed by atoms with Crippen molar-refractivity contribution in [3.05, 3.63) is 66.9 Å². The Hall–Kier alpha value is -4.67. The number of rotatable bonds is 5. The molecule has 190 valence electrons. The Labute approximate surface area is 220 Å². The largest absolute Gasteiger partial charge is 0.346 e. The van der Waals surface area contributed by atoms with Gasteiger partial charge in [-0.25, -0.2) is 14.8 Å². The number of urea groups is 1. The first-order valence-electron chi connectivity index (χ1n) is 12.7. The summed E-state index contributed by atoms with van der Waals surface area (Å²) in [6.45, 7) is 2.90. The van der Waals surface area contributed by atoms with E-state index in [9.17, 15) is 15.3 Å². The normalized spacial score (nSPS) is 17.5. The Morgan fingerprint density at radius 3 is 2.74 bits per heavy atom. The summed E-state index contributed by atoms with van der Waals surface area (Å²) in [6, 6.07) is 15.8. The molecule has 2 aliphatic heterocycles. The number of likely N-dealkylation sites (tertiary alicyclic amines) is 2. The molecule has 4 aromatic rings. The Balaban J connectivity index is 1.09. The van der Waals surface area contributed by atoms with Crippen LogP contribution in [-0.2, 0) is 5.54 Å². The minimum absolute atomic E-state index is 0.172. The molecule has 2 aliphatic rings. The summed E-state index contributed by atoms with van der Waals surface area (Å²) in [4.78, 5) is 29.0. The summed E-state index contributed by atoms with van der Waals surface area (Å²) in [7, 11) is 0. The highest BCUT2D eigenvalue weighted by Gasteiger charge is 2.47. The third-order valence-corrected chi connectivity index (χ3v) is 7.83. The number of nitrogens with zero attached hydrogens (tertiary/aromatic N) is 7. The van der Waals surface area contributed by atoms with Crippen molar-refractivity contribution in [3.8, 4) is 23.4 Å². The summed E-state index contributed by atoms with van der Waals surface area (Å²) >= 11 is 0. The standard InChI is InChI=1S/C28H27N9O/c29-10-9-28(37-14-6-21(16-37)25-23-5-11-31-26(23)33-19-32-25)17-36(18-28)22-7-12-35(13-8-22)27(38)34-24-4-2-1-3-20(24)15-30/h1-6,11,14,16,19,22H,7-9,12-13,17-18H2,(H,34,38)(H,31,32,33). The highest BCUT2D eigenvalue weighted by atomic mass is 16.2. The number of anilines is 1. The van der Waals surface area contributed by atoms with E-state index in [1.807, 2.05) is 23.2 Å². The summed E-state index contributed by atoms with van der Waals surface area (Å²) in [5.41, 5.74) is 3.41. The third kappa shape index (κ3) is 4.15. The van der Waals surface area contributed by atoms with Gasteiger partial charge >= 0.3 is 6.03 Å². The van der Waals surface area contributed by atoms with E-state index in [0.29, 0.717) is 36.8 Å². The van der Waals surface area contributed by atoms with Crippen LogP contribution < -0.4 is 5.32 Å². The van der Waals surface area contributed by atoms with Crippen molar-refractivity contribution in [1.29, 1.82) is 10.5 Å². The number of piperidine rings is 1. The molecule has 0 atom stereocenters. The molecule has 0 saturated carbocycles. The SMILES string of the molecule is N#CCC1(n2ccc(-c3ncnc4[nH]ccc34)c2)CN(C2CCN(C(=O)Nc3ccccc3C#N)CC2)C1. The number of H-pyrrole nitrogens is 1. The van der Waals surface area contributed by atoms with Gasteiger partial charge in [0.15, 0.2) is 0 Å². The van der Waals surface area contributed by atoms with Crippen molar-refractivity contribution in [1.82, 2.24) is 29.3 Å². The molecule has 0 radical (unpaired) electrons. The number of benzene rings is 1. The van der Waals surface area contributed by atoms with Crippen molar-refractivity contribution in [2.75, 3.05) is 31.5 Å². The molecule has 0 unspecified atom stereocenters. The van der Waals surface area contributed by atoms with Crippen LogP contribution in [0.1, 0.15) is 24.8 Å². The van der Waals surface area contributed by atoms with Crippen molar-refractivity contribution in [2.45, 2.75) is 30.8 Å². The molecule has 10 nitrogen and oxygen atoms in total. The molecule has 5 heterocycles. The lowest BCUT2D eigenvalue weighted by Gasteiger charge is -2.54. The lowest BCUT2D eigenvalue weighted by atomic mass is 9.83. The van der Waals surface area contributed by atoms with Crippen LogP contribution >= 0.6 is 0 Å². The Bertz CT molecular complexity index is 1560. The number of aromatic nitrogens is 4. The fraction of sp³-hybridized carbons (Fsp3) is 0.321. The van der Waals surface area contributed by atoms with Gasteiger partial charge in [-0.2, -0.15) is 10.5 Å². The number of fused-ring (bicyclic) bond motifs is 1. The second kappa shape index (κ2) is 9.66. The zero-order valence-corrected chi connectivity index (χ0v) is 20.8. The van der Waals surface area contributed by atoms with Gasteiger partial charge in [-0.1, -0.05) is 12.1 Å². The van der Waals surface area contributed by atoms with Crippen LogP contribution in [0.4, 0.5) is 10.5 Å². The van der Waals surface area contributed by atoms with E-state index in [2.05, 4.69) is 60.3 Å². The number of hydrogen-bond donors (Lipinski definition) is 2. The van der Waals surface area contributed by atoms with Gasteiger partial charge in [0.1, 0.15) is 18.0 Å². The Morgan fingerprint density at radius 2 is 1.95 bits per heavy atom. The fourth-order valence-electron chi connectivity index (χ4n) is 5.73. The van der Waals surface area contributed by atoms with E-state index in [-0.39, 0.29) is 11.6 Å². The predicted molar refractivity (Wildman–Crippen MR) is 142 cm³/mol. The van der Waals surface area contributed by atoms with Gasteiger partial charge < -0.3 is 19.8 Å². The van der Waals surface area contributed by atoms with Crippen LogP contribution in [-0.4, -0.2) is 67.6 Å². The first-order chi connectivity index (χ1) is 18.6. The smallest absolute Gasteiger partial charge is 0.321 e. The molecule has 1 aromatic carbocycles. The molecule has 2 amide bonds. The van der Waals surface area contributed by atoms with Crippen LogP contribution in [0.3, 0.4) is 0 Å². The molecule has 0 bridgehead atoms. The monoisotopic (exact) mass is 505 g/mol. The molecule has 2 N–H and O–H groups in total. The number of hydrogen-bond acceptors (Lipinski definition) is 6. The van der Waals surface area contributed by atoms with Crippen LogP contribution in [0, 0.1) is 22.7 Å². The summed E-state index contributed by atoms with van der Waals surface area (Å²) in [6.07, 6.45) is 9.75. The van der Waals surface area contributed by atoms with Crippen molar-refractivity contribution >= 4 is 22.8 Å². The first kappa shape index (κ1) is 23.7. The van der Waals surface area contributed by atoms with Crippen molar-refractivity contribution in [2.24, 2.45) is 0 Å². The molecule has 2 fully saturated rings. The lowest BCUT2D eigenvalue weighted by molar-refractivity contribution is -0.0332. The molecule has 6 rings (SSSR count). The number of para-hydroxylation sites is 1. The highest BCUT2D eigenvalue weighted by molar-refractivity contribution is 5.91. The minimum atomic E-state index is -0.271. The maximum atomic E-state index is 12.8. The molecule has 0 aliphatic carbocycles. The first-order valence-corrected chi connectivity index (χ1v) is 12.7. The molecular formula is C28H27N9O. The van der Waals surface area contributed by atoms with Crippen molar-refractivity contribution in [3.63, 3.8) is 0 Å². The van der Waals surface area contributed by atoms with Gasteiger partial charge in [0.05, 0.1) is 35.0 Å². The van der Waals surface area contributed by atoms with Gasteiger partial charge in [0.25, 0.3) is 0 Å². The molecule has 3 aromatic heterocycles. The number of nitrogens with one attached hydrogen (secondary N) is 2. The van der Waals surface area contributed by atoms with E-state index in [4.69, 9.17) is 0 Å². The van der Waals surface area contributed by atoms with E-state index in [0.717, 1.165) is 48.2 Å². The predicted octanol–water partition coefficient (Wildman–Crippen LogP) is 3.92. The Morgan fingerprint density at radius 1 is 1.13 bits per heavy atom. The zero-order chi connectivity index (χ0) is 26.1. The van der Waals surface area contributed by atoms with Gasteiger partial charge in [-0.05, 0) is 37.1 Å². The van der Waals surface area contributed by atoms with Crippen LogP contribution in [0.15, 0.2) is 61.3 Å². The van der Waals surface area contributed by atoms with E-state index in [1.165, 1.54) is 0 Å². The fourth-order valence-corrected chi connectivity index (χ4v) is 5.73. The van der Waals surface area contributed by atoms with Gasteiger partial charge in [-0.3, -0.25) is 4.90 Å². The average molecular weight is 506 g/mol. The maximum Gasteiger partial charge on any atom is 0.321 e. The van der Waals surface area contributed by atoms with Crippen LogP contribution in [0.25, 0.3) is 22.3 Å². The number of carbonyl (C=O) groups excluding carboxylic acids is 1. The van der Waals surface area contributed by atoms with Gasteiger partial charge in [-0.15, -0.1) is 0 Å². The second-order valence-electron chi connectivity index (χ2n) is 10.0. The number of amides is 2. The summed E-state index contributed by atoms with van der Waals surface area (Å²) in [5, 5.41) is 22.8.